The first-order valence-corrected chi connectivity index (χ1v) is 7.27. The number of aryl methyl sites for hydroxylation is 2. The maximum Gasteiger partial charge on any atom is 0.261 e. The molecule has 0 fully saturated rings. The molecule has 1 heterocycles. The first-order chi connectivity index (χ1) is 8.56. The van der Waals surface area contributed by atoms with E-state index in [1.807, 2.05) is 38.1 Å². The number of halogens is 1. The third-order valence-corrected chi connectivity index (χ3v) is 4.75. The highest BCUT2D eigenvalue weighted by Gasteiger charge is 2.10. The summed E-state index contributed by atoms with van der Waals surface area (Å²) in [7, 11) is 0. The van der Waals surface area contributed by atoms with Gasteiger partial charge in [-0.3, -0.25) is 4.79 Å². The normalized spacial score (nSPS) is 10.4. The second kappa shape index (κ2) is 5.67. The number of amides is 1. The lowest BCUT2D eigenvalue weighted by Gasteiger charge is -2.04. The van der Waals surface area contributed by atoms with Crippen molar-refractivity contribution in [2.75, 3.05) is 0 Å². The van der Waals surface area contributed by atoms with Crippen molar-refractivity contribution in [1.82, 2.24) is 5.32 Å². The van der Waals surface area contributed by atoms with Gasteiger partial charge in [-0.25, -0.2) is 0 Å². The van der Waals surface area contributed by atoms with Crippen LogP contribution < -0.4 is 5.32 Å². The topological polar surface area (TPSA) is 29.1 Å². The summed E-state index contributed by atoms with van der Waals surface area (Å²) in [6.07, 6.45) is 0. The van der Waals surface area contributed by atoms with Crippen molar-refractivity contribution in [3.05, 3.63) is 55.7 Å². The fourth-order valence-electron chi connectivity index (χ4n) is 1.66. The van der Waals surface area contributed by atoms with Gasteiger partial charge < -0.3 is 5.32 Å². The SMILES string of the molecule is Cc1cccc(CNC(=O)c2cc(C)c(Br)s2)c1. The molecule has 0 aliphatic carbocycles. The Bertz CT molecular complexity index is 557. The highest BCUT2D eigenvalue weighted by Crippen LogP contribution is 2.27. The molecule has 0 aliphatic rings. The number of benzene rings is 1. The smallest absolute Gasteiger partial charge is 0.261 e. The fourth-order valence-corrected chi connectivity index (χ4v) is 3.11. The lowest BCUT2D eigenvalue weighted by Crippen LogP contribution is -2.21. The number of thiophene rings is 1. The lowest BCUT2D eigenvalue weighted by atomic mass is 10.1. The Morgan fingerprint density at radius 1 is 1.33 bits per heavy atom. The Morgan fingerprint density at radius 2 is 2.11 bits per heavy atom. The molecule has 0 spiro atoms. The molecule has 18 heavy (non-hydrogen) atoms. The van der Waals surface area contributed by atoms with Crippen LogP contribution in [-0.2, 0) is 6.54 Å². The number of carbonyl (C=O) groups is 1. The van der Waals surface area contributed by atoms with Gasteiger partial charge in [-0.2, -0.15) is 0 Å². The molecule has 4 heteroatoms. The maximum absolute atomic E-state index is 11.9. The molecule has 0 unspecified atom stereocenters. The summed E-state index contributed by atoms with van der Waals surface area (Å²) in [5, 5.41) is 2.93. The Morgan fingerprint density at radius 3 is 2.72 bits per heavy atom. The van der Waals surface area contributed by atoms with Crippen LogP contribution in [0.2, 0.25) is 0 Å². The Labute approximate surface area is 119 Å². The van der Waals surface area contributed by atoms with E-state index in [2.05, 4.69) is 27.3 Å². The molecule has 0 saturated carbocycles. The van der Waals surface area contributed by atoms with Gasteiger partial charge in [0.1, 0.15) is 0 Å². The highest BCUT2D eigenvalue weighted by atomic mass is 79.9. The molecule has 2 nitrogen and oxygen atoms in total. The Kier molecular flexibility index (Phi) is 4.19. The van der Waals surface area contributed by atoms with Crippen LogP contribution in [0.3, 0.4) is 0 Å². The van der Waals surface area contributed by atoms with Crippen molar-refractivity contribution in [2.24, 2.45) is 0 Å². The highest BCUT2D eigenvalue weighted by molar-refractivity contribution is 9.11. The molecule has 94 valence electrons. The molecule has 0 bridgehead atoms. The van der Waals surface area contributed by atoms with Crippen LogP contribution in [0.5, 0.6) is 0 Å². The summed E-state index contributed by atoms with van der Waals surface area (Å²) < 4.78 is 1.02. The van der Waals surface area contributed by atoms with Gasteiger partial charge in [-0.15, -0.1) is 11.3 Å². The average molecular weight is 324 g/mol. The van der Waals surface area contributed by atoms with Crippen molar-refractivity contribution in [3.63, 3.8) is 0 Å². The zero-order chi connectivity index (χ0) is 13.1. The third-order valence-electron chi connectivity index (χ3n) is 2.62. The molecule has 1 aromatic heterocycles. The second-order valence-electron chi connectivity index (χ2n) is 4.24. The van der Waals surface area contributed by atoms with Crippen LogP contribution in [0.15, 0.2) is 34.1 Å². The van der Waals surface area contributed by atoms with E-state index in [1.54, 1.807) is 0 Å². The molecule has 2 aromatic rings. The minimum absolute atomic E-state index is 0.0182. The number of carbonyl (C=O) groups excluding carboxylic acids is 1. The first kappa shape index (κ1) is 13.3. The van der Waals surface area contributed by atoms with Crippen LogP contribution in [-0.4, -0.2) is 5.91 Å². The monoisotopic (exact) mass is 323 g/mol. The molecule has 0 radical (unpaired) electrons. The summed E-state index contributed by atoms with van der Waals surface area (Å²) in [6.45, 7) is 4.60. The molecular weight excluding hydrogens is 310 g/mol. The Hall–Kier alpha value is -1.13. The molecule has 1 aromatic carbocycles. The van der Waals surface area contributed by atoms with Crippen molar-refractivity contribution in [3.8, 4) is 0 Å². The van der Waals surface area contributed by atoms with Crippen LogP contribution in [0.4, 0.5) is 0 Å². The van der Waals surface area contributed by atoms with Crippen molar-refractivity contribution in [2.45, 2.75) is 20.4 Å². The molecule has 1 N–H and O–H groups in total. The quantitative estimate of drug-likeness (QED) is 0.906. The lowest BCUT2D eigenvalue weighted by molar-refractivity contribution is 0.0955. The van der Waals surface area contributed by atoms with Gasteiger partial charge in [-0.1, -0.05) is 29.8 Å². The molecule has 1 amide bonds. The van der Waals surface area contributed by atoms with Crippen LogP contribution in [0.1, 0.15) is 26.4 Å². The van der Waals surface area contributed by atoms with E-state index in [9.17, 15) is 4.79 Å². The summed E-state index contributed by atoms with van der Waals surface area (Å²) in [5.41, 5.74) is 3.42. The van der Waals surface area contributed by atoms with E-state index < -0.39 is 0 Å². The minimum Gasteiger partial charge on any atom is -0.347 e. The maximum atomic E-state index is 11.9. The van der Waals surface area contributed by atoms with E-state index >= 15 is 0 Å². The van der Waals surface area contributed by atoms with Crippen molar-refractivity contribution >= 4 is 33.2 Å². The van der Waals surface area contributed by atoms with Crippen LogP contribution in [0.25, 0.3) is 0 Å². The average Bonchev–Trinajstić information content (AvgIpc) is 2.67. The largest absolute Gasteiger partial charge is 0.347 e. The van der Waals surface area contributed by atoms with Gasteiger partial charge in [0.25, 0.3) is 5.91 Å². The van der Waals surface area contributed by atoms with E-state index in [-0.39, 0.29) is 5.91 Å². The van der Waals surface area contributed by atoms with Gasteiger partial charge in [0.05, 0.1) is 8.66 Å². The van der Waals surface area contributed by atoms with E-state index in [1.165, 1.54) is 16.9 Å². The van der Waals surface area contributed by atoms with Gasteiger partial charge in [0, 0.05) is 6.54 Å². The van der Waals surface area contributed by atoms with Crippen molar-refractivity contribution < 1.29 is 4.79 Å². The van der Waals surface area contributed by atoms with E-state index in [4.69, 9.17) is 0 Å². The summed E-state index contributed by atoms with van der Waals surface area (Å²) in [4.78, 5) is 12.7. The zero-order valence-corrected chi connectivity index (χ0v) is 12.7. The van der Waals surface area contributed by atoms with Gasteiger partial charge >= 0.3 is 0 Å². The molecular formula is C14H14BrNOS. The van der Waals surface area contributed by atoms with Crippen molar-refractivity contribution in [1.29, 1.82) is 0 Å². The third kappa shape index (κ3) is 3.21. The second-order valence-corrected chi connectivity index (χ2v) is 6.61. The fraction of sp³-hybridized carbons (Fsp3) is 0.214. The van der Waals surface area contributed by atoms with Gasteiger partial charge in [-0.05, 0) is 47.0 Å². The minimum atomic E-state index is -0.0182. The molecule has 2 rings (SSSR count). The first-order valence-electron chi connectivity index (χ1n) is 5.66. The van der Waals surface area contributed by atoms with Crippen LogP contribution in [0, 0.1) is 13.8 Å². The standard InChI is InChI=1S/C14H14BrNOS/c1-9-4-3-5-11(6-9)8-16-14(17)12-7-10(2)13(15)18-12/h3-7H,8H2,1-2H3,(H,16,17). The van der Waals surface area contributed by atoms with E-state index in [0.717, 1.165) is 19.8 Å². The number of hydrogen-bond donors (Lipinski definition) is 1. The van der Waals surface area contributed by atoms with E-state index in [0.29, 0.717) is 6.54 Å². The molecule has 0 atom stereocenters. The van der Waals surface area contributed by atoms with Crippen LogP contribution >= 0.6 is 27.3 Å². The predicted octanol–water partition coefficient (Wildman–Crippen LogP) is 4.06. The summed E-state index contributed by atoms with van der Waals surface area (Å²) >= 11 is 4.89. The van der Waals surface area contributed by atoms with Gasteiger partial charge in [0.15, 0.2) is 0 Å². The molecule has 0 saturated heterocycles. The number of nitrogens with one attached hydrogen (secondary N) is 1. The Balaban J connectivity index is 2.00. The number of hydrogen-bond acceptors (Lipinski definition) is 2. The summed E-state index contributed by atoms with van der Waals surface area (Å²) in [6, 6.07) is 10.0. The molecule has 0 aliphatic heterocycles. The zero-order valence-electron chi connectivity index (χ0n) is 10.3. The summed E-state index contributed by atoms with van der Waals surface area (Å²) in [5.74, 6) is -0.0182. The number of rotatable bonds is 3. The predicted molar refractivity (Wildman–Crippen MR) is 79.1 cm³/mol. The van der Waals surface area contributed by atoms with Gasteiger partial charge in [0.2, 0.25) is 0 Å².